The average Bonchev–Trinajstić information content (AvgIpc) is 2.43. The van der Waals surface area contributed by atoms with Gasteiger partial charge < -0.3 is 19.0 Å². The van der Waals surface area contributed by atoms with Gasteiger partial charge in [0.2, 0.25) is 0 Å². The van der Waals surface area contributed by atoms with E-state index in [0.717, 1.165) is 25.0 Å². The Bertz CT molecular complexity index is 441. The predicted molar refractivity (Wildman–Crippen MR) is 100 cm³/mol. The first-order valence-corrected chi connectivity index (χ1v) is 12.2. The molecule has 2 N–H and O–H groups in total. The second kappa shape index (κ2) is 12.9. The molecule has 0 aliphatic carbocycles. The van der Waals surface area contributed by atoms with Crippen LogP contribution in [0.2, 0.25) is 0 Å². The van der Waals surface area contributed by atoms with Gasteiger partial charge >= 0.3 is 15.4 Å². The van der Waals surface area contributed by atoms with Crippen molar-refractivity contribution in [1.29, 1.82) is 0 Å². The van der Waals surface area contributed by atoms with Gasteiger partial charge in [-0.1, -0.05) is 12.8 Å². The van der Waals surface area contributed by atoms with Crippen LogP contribution in [0.1, 0.15) is 52.9 Å². The quantitative estimate of drug-likeness (QED) is 0.206. The Morgan fingerprint density at radius 2 is 1.48 bits per heavy atom. The summed E-state index contributed by atoms with van der Waals surface area (Å²) in [5, 5.41) is 0. The van der Waals surface area contributed by atoms with Crippen molar-refractivity contribution in [2.45, 2.75) is 58.5 Å². The molecule has 11 heteroatoms. The van der Waals surface area contributed by atoms with Crippen LogP contribution in [0.3, 0.4) is 0 Å². The zero-order valence-electron chi connectivity index (χ0n) is 15.3. The van der Waals surface area contributed by atoms with Crippen LogP contribution in [0, 0.1) is 0 Å². The number of ether oxygens (including phenoxy) is 1. The van der Waals surface area contributed by atoms with Crippen molar-refractivity contribution in [3.8, 4) is 0 Å². The third kappa shape index (κ3) is 17.7. The Morgan fingerprint density at radius 1 is 0.880 bits per heavy atom. The first-order valence-electron chi connectivity index (χ1n) is 8.30. The number of hydrogen-bond acceptors (Lipinski definition) is 7. The Balaban J connectivity index is 3.72. The largest absolute Gasteiger partial charge is 0.472 e. The molecule has 2 unspecified atom stereocenters. The highest BCUT2D eigenvalue weighted by Crippen LogP contribution is 2.47. The topological polar surface area (TPSA) is 112 Å². The molecule has 0 saturated carbocycles. The van der Waals surface area contributed by atoms with E-state index in [-0.39, 0.29) is 26.2 Å². The summed E-state index contributed by atoms with van der Waals surface area (Å²) >= 11 is 4.11. The minimum absolute atomic E-state index is 0.0639. The summed E-state index contributed by atoms with van der Waals surface area (Å²) < 4.78 is 43.0. The normalized spacial score (nSPS) is 17.2. The zero-order chi connectivity index (χ0) is 19.4. The van der Waals surface area contributed by atoms with E-state index in [1.54, 1.807) is 20.8 Å². The van der Waals surface area contributed by atoms with Crippen LogP contribution in [0.4, 0.5) is 0 Å². The molecular formula is C14H32O8P2S. The summed E-state index contributed by atoms with van der Waals surface area (Å²) in [5.41, 5.74) is -0.797. The number of hydrogen-bond donors (Lipinski definition) is 3. The van der Waals surface area contributed by atoms with Gasteiger partial charge in [0.1, 0.15) is 6.35 Å². The van der Waals surface area contributed by atoms with Crippen LogP contribution in [-0.4, -0.2) is 47.3 Å². The minimum Gasteiger partial charge on any atom is -0.369 e. The highest BCUT2D eigenvalue weighted by atomic mass is 32.1. The lowest BCUT2D eigenvalue weighted by atomic mass is 10.2. The van der Waals surface area contributed by atoms with Crippen LogP contribution in [-0.2, 0) is 27.4 Å². The minimum atomic E-state index is -4.11. The molecule has 0 aromatic rings. The molecular weight excluding hydrogens is 390 g/mol. The van der Waals surface area contributed by atoms with Crippen LogP contribution in [0.5, 0.6) is 0 Å². The van der Waals surface area contributed by atoms with E-state index in [1.165, 1.54) is 0 Å². The molecule has 0 aliphatic rings. The summed E-state index contributed by atoms with van der Waals surface area (Å²) in [6.07, 6.45) is 3.54. The van der Waals surface area contributed by atoms with E-state index in [0.29, 0.717) is 6.42 Å². The van der Waals surface area contributed by atoms with Gasteiger partial charge in [-0.15, -0.1) is 0 Å². The molecule has 0 spiro atoms. The van der Waals surface area contributed by atoms with Crippen LogP contribution in [0.25, 0.3) is 0 Å². The number of phosphoric acid groups is 1. The van der Waals surface area contributed by atoms with Crippen molar-refractivity contribution >= 4 is 28.0 Å². The third-order valence-electron chi connectivity index (χ3n) is 2.68. The second-order valence-corrected chi connectivity index (χ2v) is 10.1. The highest BCUT2D eigenvalue weighted by molar-refractivity contribution is 7.80. The molecule has 0 heterocycles. The summed E-state index contributed by atoms with van der Waals surface area (Å²) in [6, 6.07) is 0. The van der Waals surface area contributed by atoms with Crippen molar-refractivity contribution in [2.75, 3.05) is 31.9 Å². The van der Waals surface area contributed by atoms with Crippen molar-refractivity contribution in [3.05, 3.63) is 0 Å². The first-order chi connectivity index (χ1) is 11.5. The monoisotopic (exact) mass is 422 g/mol. The van der Waals surface area contributed by atoms with Gasteiger partial charge in [-0.05, 0) is 45.8 Å². The molecule has 0 rings (SSSR count). The van der Waals surface area contributed by atoms with Crippen molar-refractivity contribution in [2.24, 2.45) is 0 Å². The van der Waals surface area contributed by atoms with Crippen molar-refractivity contribution < 1.29 is 37.2 Å². The van der Waals surface area contributed by atoms with E-state index in [2.05, 4.69) is 12.6 Å². The predicted octanol–water partition coefficient (Wildman–Crippen LogP) is 3.97. The Hall–Kier alpha value is 0.570. The lowest BCUT2D eigenvalue weighted by Gasteiger charge is -2.22. The fourth-order valence-electron chi connectivity index (χ4n) is 1.71. The fourth-order valence-corrected chi connectivity index (χ4v) is 3.88. The number of phosphoric ester groups is 1. The maximum atomic E-state index is 11.7. The number of rotatable bonds is 15. The van der Waals surface area contributed by atoms with Crippen LogP contribution in [0.15, 0.2) is 0 Å². The van der Waals surface area contributed by atoms with Crippen molar-refractivity contribution in [3.63, 3.8) is 0 Å². The maximum absolute atomic E-state index is 11.7. The van der Waals surface area contributed by atoms with Gasteiger partial charge in [-0.2, -0.15) is 12.6 Å². The van der Waals surface area contributed by atoms with E-state index in [4.69, 9.17) is 18.3 Å². The molecule has 25 heavy (non-hydrogen) atoms. The molecule has 0 bridgehead atoms. The summed E-state index contributed by atoms with van der Waals surface area (Å²) in [4.78, 5) is 19.1. The van der Waals surface area contributed by atoms with Gasteiger partial charge in [-0.25, -0.2) is 4.57 Å². The third-order valence-corrected chi connectivity index (χ3v) is 5.37. The SMILES string of the molecule is CC(C)(C)OP(=O)(O)OCCCOCP(=O)(O)OCCCCCCS. The lowest BCUT2D eigenvalue weighted by Crippen LogP contribution is -2.18. The first kappa shape index (κ1) is 25.6. The van der Waals surface area contributed by atoms with Gasteiger partial charge in [-0.3, -0.25) is 13.6 Å². The Morgan fingerprint density at radius 3 is 2.08 bits per heavy atom. The molecule has 0 aromatic heterocycles. The molecule has 0 amide bonds. The van der Waals surface area contributed by atoms with Crippen molar-refractivity contribution in [1.82, 2.24) is 0 Å². The average molecular weight is 422 g/mol. The molecule has 0 saturated heterocycles. The second-order valence-electron chi connectivity index (χ2n) is 6.50. The molecule has 152 valence electrons. The highest BCUT2D eigenvalue weighted by Gasteiger charge is 2.28. The summed E-state index contributed by atoms with van der Waals surface area (Å²) in [6.45, 7) is 5.17. The maximum Gasteiger partial charge on any atom is 0.472 e. The molecule has 0 radical (unpaired) electrons. The smallest absolute Gasteiger partial charge is 0.369 e. The Kier molecular flexibility index (Phi) is 13.2. The summed E-state index contributed by atoms with van der Waals surface area (Å²) in [5.74, 6) is 0.838. The fraction of sp³-hybridized carbons (Fsp3) is 1.00. The zero-order valence-corrected chi connectivity index (χ0v) is 17.9. The molecule has 0 aliphatic heterocycles. The van der Waals surface area contributed by atoms with Gasteiger partial charge in [0.25, 0.3) is 0 Å². The van der Waals surface area contributed by atoms with Crippen LogP contribution >= 0.6 is 28.0 Å². The summed E-state index contributed by atoms with van der Waals surface area (Å²) in [7, 11) is -7.88. The van der Waals surface area contributed by atoms with Crippen LogP contribution < -0.4 is 0 Å². The molecule has 0 fully saturated rings. The van der Waals surface area contributed by atoms with E-state index < -0.39 is 27.4 Å². The van der Waals surface area contributed by atoms with Gasteiger partial charge in [0.05, 0.1) is 18.8 Å². The standard InChI is InChI=1S/C14H32O8P2S/c1-14(2,3)22-24(17,18)21-11-8-9-19-13-23(15,16)20-10-6-4-5-7-12-25/h25H,4-13H2,1-3H3,(H,15,16)(H,17,18). The van der Waals surface area contributed by atoms with E-state index in [9.17, 15) is 18.9 Å². The van der Waals surface area contributed by atoms with Gasteiger partial charge in [0, 0.05) is 6.61 Å². The Labute approximate surface area is 156 Å². The number of unbranched alkanes of at least 4 members (excludes halogenated alkanes) is 3. The number of thiol groups is 1. The lowest BCUT2D eigenvalue weighted by molar-refractivity contribution is 0.0562. The molecule has 0 aromatic carbocycles. The van der Waals surface area contributed by atoms with E-state index >= 15 is 0 Å². The van der Waals surface area contributed by atoms with Gasteiger partial charge in [0.15, 0.2) is 0 Å². The van der Waals surface area contributed by atoms with E-state index in [1.807, 2.05) is 0 Å². The molecule has 8 nitrogen and oxygen atoms in total. The molecule has 2 atom stereocenters.